The molecule has 3 aromatic rings. The van der Waals surface area contributed by atoms with Gasteiger partial charge in [0.15, 0.2) is 5.76 Å². The normalized spacial score (nSPS) is 19.3. The van der Waals surface area contributed by atoms with E-state index in [1.54, 1.807) is 13.3 Å². The summed E-state index contributed by atoms with van der Waals surface area (Å²) in [7, 11) is 2.01. The number of hydrogen-bond acceptors (Lipinski definition) is 7. The van der Waals surface area contributed by atoms with E-state index in [1.807, 2.05) is 24.2 Å². The molecular weight excluding hydrogens is 370 g/mol. The Hall–Kier alpha value is -3.41. The number of anilines is 1. The zero-order chi connectivity index (χ0) is 20.5. The number of likely N-dealkylation sites (N-methyl/N-ethyl adjacent to an activating group) is 1. The summed E-state index contributed by atoms with van der Waals surface area (Å²) in [6.45, 7) is 5.17. The maximum Gasteiger partial charge on any atom is 0.230 e. The Bertz CT molecular complexity index is 1080. The van der Waals surface area contributed by atoms with Gasteiger partial charge in [-0.15, -0.1) is 0 Å². The fourth-order valence-electron chi connectivity index (χ4n) is 4.01. The van der Waals surface area contributed by atoms with Crippen molar-refractivity contribution in [1.29, 1.82) is 5.26 Å². The number of nitrogens with one attached hydrogen (secondary N) is 1. The van der Waals surface area contributed by atoms with Crippen molar-refractivity contribution in [3.05, 3.63) is 35.6 Å². The number of carbonyl (C=O) groups excluding carboxylic acids is 1. The summed E-state index contributed by atoms with van der Waals surface area (Å²) in [6, 6.07) is 4.15. The second-order valence-corrected chi connectivity index (χ2v) is 7.58. The summed E-state index contributed by atoms with van der Waals surface area (Å²) in [5.74, 6) is 1.52. The number of hydrogen-bond donors (Lipinski definition) is 1. The highest BCUT2D eigenvalue weighted by Gasteiger charge is 2.33. The van der Waals surface area contributed by atoms with E-state index in [-0.39, 0.29) is 18.4 Å². The lowest BCUT2D eigenvalue weighted by Crippen LogP contribution is -2.53. The highest BCUT2D eigenvalue weighted by Crippen LogP contribution is 2.29. The van der Waals surface area contributed by atoms with E-state index in [0.29, 0.717) is 36.0 Å². The van der Waals surface area contributed by atoms with Crippen molar-refractivity contribution in [2.45, 2.75) is 32.7 Å². The van der Waals surface area contributed by atoms with Gasteiger partial charge in [-0.2, -0.15) is 5.26 Å². The summed E-state index contributed by atoms with van der Waals surface area (Å²) >= 11 is 0. The van der Waals surface area contributed by atoms with Crippen LogP contribution in [0.15, 0.2) is 23.1 Å². The summed E-state index contributed by atoms with van der Waals surface area (Å²) in [4.78, 5) is 28.7. The van der Waals surface area contributed by atoms with Crippen LogP contribution in [-0.2, 0) is 11.2 Å². The molecule has 2 atom stereocenters. The number of aromatic nitrogens is 4. The molecule has 1 aliphatic rings. The molecule has 0 saturated carbocycles. The molecular formula is C20H23N7O2. The fraction of sp³-hybridized carbons (Fsp3) is 0.450. The summed E-state index contributed by atoms with van der Waals surface area (Å²) in [5, 5.41) is 14.0. The van der Waals surface area contributed by atoms with Crippen molar-refractivity contribution in [3.8, 4) is 6.07 Å². The molecule has 4 rings (SSSR count). The van der Waals surface area contributed by atoms with Gasteiger partial charge in [-0.25, -0.2) is 9.97 Å². The quantitative estimate of drug-likeness (QED) is 0.721. The van der Waals surface area contributed by atoms with Crippen LogP contribution >= 0.6 is 0 Å². The largest absolute Gasteiger partial charge is 0.359 e. The number of fused-ring (bicyclic) bond motifs is 1. The van der Waals surface area contributed by atoms with Crippen LogP contribution in [0.3, 0.4) is 0 Å². The van der Waals surface area contributed by atoms with E-state index in [0.717, 1.165) is 23.3 Å². The van der Waals surface area contributed by atoms with Crippen LogP contribution in [0, 0.1) is 24.2 Å². The minimum Gasteiger partial charge on any atom is -0.359 e. The maximum atomic E-state index is 12.9. The Balaban J connectivity index is 1.52. The van der Waals surface area contributed by atoms with Crippen LogP contribution in [0.5, 0.6) is 0 Å². The van der Waals surface area contributed by atoms with E-state index in [1.165, 1.54) is 0 Å². The second kappa shape index (κ2) is 7.54. The fourth-order valence-corrected chi connectivity index (χ4v) is 4.01. The standard InChI is InChI=1S/C20H23N7O2/c1-12-5-7-27(18(28)8-17-15(9-21)13(2)25-29-17)10-16(12)26(3)20-14-4-6-22-19(14)23-11-24-20/h4,6,11-12,16H,5,7-8,10H2,1-3H3,(H,22,23,24)/t12-,16+/m1/s1. The number of likely N-dealkylation sites (tertiary alicyclic amines) is 1. The Kier molecular flexibility index (Phi) is 4.92. The van der Waals surface area contributed by atoms with Crippen LogP contribution in [0.25, 0.3) is 11.0 Å². The number of nitriles is 1. The van der Waals surface area contributed by atoms with E-state index < -0.39 is 0 Å². The maximum absolute atomic E-state index is 12.9. The van der Waals surface area contributed by atoms with Gasteiger partial charge in [0, 0.05) is 26.3 Å². The van der Waals surface area contributed by atoms with Crippen molar-refractivity contribution in [1.82, 2.24) is 25.0 Å². The molecule has 1 N–H and O–H groups in total. The first-order chi connectivity index (χ1) is 14.0. The minimum absolute atomic E-state index is 0.0457. The van der Waals surface area contributed by atoms with Crippen molar-refractivity contribution in [2.75, 3.05) is 25.0 Å². The first-order valence-electron chi connectivity index (χ1n) is 9.63. The minimum atomic E-state index is -0.0579. The zero-order valence-corrected chi connectivity index (χ0v) is 16.7. The average molecular weight is 393 g/mol. The Morgan fingerprint density at radius 1 is 1.48 bits per heavy atom. The highest BCUT2D eigenvalue weighted by atomic mass is 16.5. The summed E-state index contributed by atoms with van der Waals surface area (Å²) in [5.41, 5.74) is 1.66. The number of aryl methyl sites for hydroxylation is 1. The van der Waals surface area contributed by atoms with Gasteiger partial charge in [0.1, 0.15) is 29.4 Å². The molecule has 0 aromatic carbocycles. The van der Waals surface area contributed by atoms with Gasteiger partial charge in [-0.05, 0) is 25.3 Å². The Morgan fingerprint density at radius 3 is 3.10 bits per heavy atom. The number of nitrogens with zero attached hydrogens (tertiary/aromatic N) is 6. The predicted molar refractivity (Wildman–Crippen MR) is 106 cm³/mol. The van der Waals surface area contributed by atoms with Crippen LogP contribution in [-0.4, -0.2) is 57.1 Å². The molecule has 150 valence electrons. The third kappa shape index (κ3) is 3.42. The van der Waals surface area contributed by atoms with Gasteiger partial charge in [-0.1, -0.05) is 12.1 Å². The van der Waals surface area contributed by atoms with Crippen molar-refractivity contribution in [3.63, 3.8) is 0 Å². The molecule has 0 radical (unpaired) electrons. The predicted octanol–water partition coefficient (Wildman–Crippen LogP) is 2.04. The molecule has 1 aliphatic heterocycles. The van der Waals surface area contributed by atoms with Crippen LogP contribution < -0.4 is 4.90 Å². The van der Waals surface area contributed by atoms with Gasteiger partial charge in [-0.3, -0.25) is 4.79 Å². The van der Waals surface area contributed by atoms with Crippen LogP contribution in [0.2, 0.25) is 0 Å². The number of aromatic amines is 1. The highest BCUT2D eigenvalue weighted by molar-refractivity contribution is 5.87. The van der Waals surface area contributed by atoms with Gasteiger partial charge in [0.2, 0.25) is 5.91 Å². The number of carbonyl (C=O) groups is 1. The second-order valence-electron chi connectivity index (χ2n) is 7.58. The number of piperidine rings is 1. The first kappa shape index (κ1) is 18.9. The van der Waals surface area contributed by atoms with Crippen LogP contribution in [0.4, 0.5) is 5.82 Å². The molecule has 0 aliphatic carbocycles. The summed E-state index contributed by atoms with van der Waals surface area (Å²) < 4.78 is 5.20. The third-order valence-corrected chi connectivity index (χ3v) is 5.79. The molecule has 29 heavy (non-hydrogen) atoms. The molecule has 4 heterocycles. The molecule has 1 saturated heterocycles. The monoisotopic (exact) mass is 393 g/mol. The molecule has 0 bridgehead atoms. The lowest BCUT2D eigenvalue weighted by atomic mass is 9.92. The van der Waals surface area contributed by atoms with Crippen LogP contribution in [0.1, 0.15) is 30.4 Å². The molecule has 0 spiro atoms. The smallest absolute Gasteiger partial charge is 0.230 e. The van der Waals surface area contributed by atoms with Gasteiger partial charge in [0.05, 0.1) is 23.5 Å². The SMILES string of the molecule is Cc1noc(CC(=O)N2CC[C@@H](C)[C@@H](N(C)c3ncnc4[nH]ccc34)C2)c1C#N. The van der Waals surface area contributed by atoms with Crippen molar-refractivity contribution < 1.29 is 9.32 Å². The molecule has 0 unspecified atom stereocenters. The van der Waals surface area contributed by atoms with Gasteiger partial charge < -0.3 is 19.3 Å². The number of amides is 1. The molecule has 9 heteroatoms. The number of rotatable bonds is 4. The molecule has 3 aromatic heterocycles. The van der Waals surface area contributed by atoms with E-state index in [2.05, 4.69) is 38.0 Å². The van der Waals surface area contributed by atoms with E-state index >= 15 is 0 Å². The summed E-state index contributed by atoms with van der Waals surface area (Å²) in [6.07, 6.45) is 4.34. The van der Waals surface area contributed by atoms with E-state index in [9.17, 15) is 10.1 Å². The number of H-pyrrole nitrogens is 1. The van der Waals surface area contributed by atoms with Crippen molar-refractivity contribution >= 4 is 22.8 Å². The average Bonchev–Trinajstić information content (AvgIpc) is 3.33. The lowest BCUT2D eigenvalue weighted by molar-refractivity contribution is -0.132. The topological polar surface area (TPSA) is 115 Å². The molecule has 1 fully saturated rings. The Morgan fingerprint density at radius 2 is 2.31 bits per heavy atom. The Labute approximate surface area is 168 Å². The van der Waals surface area contributed by atoms with Gasteiger partial charge >= 0.3 is 0 Å². The van der Waals surface area contributed by atoms with Crippen molar-refractivity contribution in [2.24, 2.45) is 5.92 Å². The van der Waals surface area contributed by atoms with E-state index in [4.69, 9.17) is 4.52 Å². The zero-order valence-electron chi connectivity index (χ0n) is 16.7. The first-order valence-corrected chi connectivity index (χ1v) is 9.63. The third-order valence-electron chi connectivity index (χ3n) is 5.79. The lowest BCUT2D eigenvalue weighted by Gasteiger charge is -2.42. The molecule has 1 amide bonds. The molecule has 9 nitrogen and oxygen atoms in total. The van der Waals surface area contributed by atoms with Gasteiger partial charge in [0.25, 0.3) is 0 Å².